The minimum atomic E-state index is -1.10. The van der Waals surface area contributed by atoms with Crippen LogP contribution < -0.4 is 10.1 Å². The fraction of sp³-hybridized carbons (Fsp3) is 0.308. The highest BCUT2D eigenvalue weighted by atomic mass is 127. The van der Waals surface area contributed by atoms with E-state index in [0.29, 0.717) is 12.9 Å². The topological polar surface area (TPSA) is 92.7 Å². The standard InChI is InChI=1S/C13H13I2NO5/c1-6(17)16-11(13(19)20)5-8-3-9(14)12(10(15)4-8)21-7(2)18/h3-4,11H,5H2,1-2H3,(H,16,17)(H,19,20)/t11-/m0/s1. The summed E-state index contributed by atoms with van der Waals surface area (Å²) in [5, 5.41) is 11.5. The van der Waals surface area contributed by atoms with Gasteiger partial charge >= 0.3 is 11.9 Å². The molecule has 0 heterocycles. The van der Waals surface area contributed by atoms with Gasteiger partial charge in [0.25, 0.3) is 0 Å². The van der Waals surface area contributed by atoms with Gasteiger partial charge in [0.2, 0.25) is 5.91 Å². The van der Waals surface area contributed by atoms with Gasteiger partial charge in [0, 0.05) is 20.3 Å². The van der Waals surface area contributed by atoms with E-state index in [1.54, 1.807) is 12.1 Å². The SMILES string of the molecule is CC(=O)N[C@@H](Cc1cc(I)c(OC(C)=O)c(I)c1)C(=O)O. The Balaban J connectivity index is 3.01. The number of carbonyl (C=O) groups is 3. The molecule has 1 amide bonds. The molecule has 0 bridgehead atoms. The van der Waals surface area contributed by atoms with Crippen LogP contribution in [0.3, 0.4) is 0 Å². The van der Waals surface area contributed by atoms with E-state index in [2.05, 4.69) is 5.32 Å². The highest BCUT2D eigenvalue weighted by Gasteiger charge is 2.20. The number of rotatable bonds is 5. The summed E-state index contributed by atoms with van der Waals surface area (Å²) in [7, 11) is 0. The summed E-state index contributed by atoms with van der Waals surface area (Å²) in [6, 6.07) is 2.48. The Labute approximate surface area is 148 Å². The summed E-state index contributed by atoms with van der Waals surface area (Å²) in [6.07, 6.45) is 0.154. The molecule has 0 saturated heterocycles. The van der Waals surface area contributed by atoms with Crippen molar-refractivity contribution >= 4 is 63.0 Å². The zero-order valence-electron chi connectivity index (χ0n) is 11.3. The number of esters is 1. The molecule has 0 aromatic heterocycles. The second kappa shape index (κ2) is 7.92. The van der Waals surface area contributed by atoms with Crippen molar-refractivity contribution in [2.24, 2.45) is 0 Å². The first-order valence-corrected chi connectivity index (χ1v) is 8.02. The van der Waals surface area contributed by atoms with Gasteiger partial charge in [0.1, 0.15) is 6.04 Å². The maximum Gasteiger partial charge on any atom is 0.326 e. The molecule has 8 heteroatoms. The van der Waals surface area contributed by atoms with Crippen LogP contribution in [0.25, 0.3) is 0 Å². The molecule has 1 rings (SSSR count). The summed E-state index contributed by atoms with van der Waals surface area (Å²) >= 11 is 4.04. The van der Waals surface area contributed by atoms with Gasteiger partial charge in [-0.2, -0.15) is 0 Å². The lowest BCUT2D eigenvalue weighted by Gasteiger charge is -2.15. The number of benzene rings is 1. The molecule has 6 nitrogen and oxygen atoms in total. The van der Waals surface area contributed by atoms with Gasteiger partial charge in [0.15, 0.2) is 5.75 Å². The van der Waals surface area contributed by atoms with Gasteiger partial charge in [-0.05, 0) is 62.9 Å². The Bertz CT molecular complexity index is 565. The van der Waals surface area contributed by atoms with Gasteiger partial charge in [-0.15, -0.1) is 0 Å². The molecule has 0 aliphatic carbocycles. The molecule has 21 heavy (non-hydrogen) atoms. The zero-order valence-corrected chi connectivity index (χ0v) is 15.6. The van der Waals surface area contributed by atoms with E-state index in [0.717, 1.165) is 5.56 Å². The Morgan fingerprint density at radius 2 is 1.76 bits per heavy atom. The maximum absolute atomic E-state index is 11.1. The maximum atomic E-state index is 11.1. The lowest BCUT2D eigenvalue weighted by atomic mass is 10.1. The van der Waals surface area contributed by atoms with Crippen molar-refractivity contribution in [2.75, 3.05) is 0 Å². The summed E-state index contributed by atoms with van der Waals surface area (Å²) in [5.41, 5.74) is 0.737. The van der Waals surface area contributed by atoms with Gasteiger partial charge in [-0.25, -0.2) is 4.79 Å². The molecule has 0 fully saturated rings. The summed E-state index contributed by atoms with van der Waals surface area (Å²) in [4.78, 5) is 33.2. The van der Waals surface area contributed by atoms with Crippen LogP contribution in [0.5, 0.6) is 5.75 Å². The van der Waals surface area contributed by atoms with Gasteiger partial charge in [0.05, 0.1) is 7.14 Å². The first-order valence-electron chi connectivity index (χ1n) is 5.87. The van der Waals surface area contributed by atoms with Crippen LogP contribution in [0.1, 0.15) is 19.4 Å². The van der Waals surface area contributed by atoms with Crippen LogP contribution in [-0.4, -0.2) is 29.0 Å². The number of ether oxygens (including phenoxy) is 1. The number of carboxylic acid groups (broad SMARTS) is 1. The second-order valence-corrected chi connectivity index (χ2v) is 6.60. The van der Waals surface area contributed by atoms with E-state index in [1.807, 2.05) is 45.2 Å². The average Bonchev–Trinajstić information content (AvgIpc) is 2.32. The van der Waals surface area contributed by atoms with Crippen LogP contribution in [0.4, 0.5) is 0 Å². The van der Waals surface area contributed by atoms with Crippen LogP contribution in [0.2, 0.25) is 0 Å². The van der Waals surface area contributed by atoms with Crippen molar-refractivity contribution < 1.29 is 24.2 Å². The van der Waals surface area contributed by atoms with E-state index in [-0.39, 0.29) is 6.42 Å². The molecule has 0 saturated carbocycles. The van der Waals surface area contributed by atoms with Crippen molar-refractivity contribution in [1.29, 1.82) is 0 Å². The molecular weight excluding hydrogens is 504 g/mol. The van der Waals surface area contributed by atoms with Crippen LogP contribution in [0, 0.1) is 7.14 Å². The second-order valence-electron chi connectivity index (χ2n) is 4.28. The first kappa shape index (κ1) is 18.1. The Morgan fingerprint density at radius 3 is 2.14 bits per heavy atom. The molecule has 0 aliphatic heterocycles. The Morgan fingerprint density at radius 1 is 1.24 bits per heavy atom. The van der Waals surface area contributed by atoms with Gasteiger partial charge < -0.3 is 15.2 Å². The number of carboxylic acids is 1. The lowest BCUT2D eigenvalue weighted by Crippen LogP contribution is -2.41. The third-order valence-corrected chi connectivity index (χ3v) is 4.02. The van der Waals surface area contributed by atoms with Gasteiger partial charge in [-0.3, -0.25) is 9.59 Å². The van der Waals surface area contributed by atoms with E-state index in [1.165, 1.54) is 13.8 Å². The normalized spacial score (nSPS) is 11.6. The number of hydrogen-bond acceptors (Lipinski definition) is 4. The largest absolute Gasteiger partial charge is 0.480 e. The van der Waals surface area contributed by atoms with Crippen molar-refractivity contribution in [3.05, 3.63) is 24.8 Å². The van der Waals surface area contributed by atoms with Crippen molar-refractivity contribution in [2.45, 2.75) is 26.3 Å². The van der Waals surface area contributed by atoms with E-state index in [9.17, 15) is 14.4 Å². The van der Waals surface area contributed by atoms with Gasteiger partial charge in [-0.1, -0.05) is 0 Å². The number of halogens is 2. The number of aliphatic carboxylic acids is 1. The molecule has 0 spiro atoms. The highest BCUT2D eigenvalue weighted by molar-refractivity contribution is 14.1. The molecule has 114 valence electrons. The van der Waals surface area contributed by atoms with Crippen LogP contribution in [0.15, 0.2) is 12.1 Å². The summed E-state index contributed by atoms with van der Waals surface area (Å²) < 4.78 is 6.52. The molecule has 0 aliphatic rings. The third kappa shape index (κ3) is 5.77. The zero-order chi connectivity index (χ0) is 16.2. The highest BCUT2D eigenvalue weighted by Crippen LogP contribution is 2.29. The Hall–Kier alpha value is -0.910. The smallest absolute Gasteiger partial charge is 0.326 e. The molecule has 1 aromatic rings. The number of nitrogens with one attached hydrogen (secondary N) is 1. The minimum Gasteiger partial charge on any atom is -0.480 e. The molecule has 0 unspecified atom stereocenters. The van der Waals surface area contributed by atoms with Crippen LogP contribution >= 0.6 is 45.2 Å². The Kier molecular flexibility index (Phi) is 6.84. The van der Waals surface area contributed by atoms with Crippen molar-refractivity contribution in [3.63, 3.8) is 0 Å². The minimum absolute atomic E-state index is 0.154. The quantitative estimate of drug-likeness (QED) is 0.354. The fourth-order valence-corrected chi connectivity index (χ4v) is 3.77. The average molecular weight is 517 g/mol. The fourth-order valence-electron chi connectivity index (χ4n) is 1.65. The number of amides is 1. The van der Waals surface area contributed by atoms with E-state index >= 15 is 0 Å². The molecule has 2 N–H and O–H groups in total. The van der Waals surface area contributed by atoms with E-state index < -0.39 is 23.9 Å². The van der Waals surface area contributed by atoms with Crippen LogP contribution in [-0.2, 0) is 20.8 Å². The molecular formula is C13H13I2NO5. The predicted molar refractivity (Wildman–Crippen MR) is 92.1 cm³/mol. The van der Waals surface area contributed by atoms with Crippen molar-refractivity contribution in [3.8, 4) is 5.75 Å². The molecule has 1 aromatic carbocycles. The van der Waals surface area contributed by atoms with E-state index in [4.69, 9.17) is 9.84 Å². The third-order valence-electron chi connectivity index (χ3n) is 2.42. The predicted octanol–water partition coefficient (Wildman–Crippen LogP) is 1.95. The molecule has 0 radical (unpaired) electrons. The molecule has 1 atom stereocenters. The lowest BCUT2D eigenvalue weighted by molar-refractivity contribution is -0.141. The summed E-state index contributed by atoms with van der Waals surface area (Å²) in [5.74, 6) is -1.46. The number of carbonyl (C=O) groups excluding carboxylic acids is 2. The van der Waals surface area contributed by atoms with Crippen molar-refractivity contribution in [1.82, 2.24) is 5.32 Å². The first-order chi connectivity index (χ1) is 9.70. The number of hydrogen-bond donors (Lipinski definition) is 2. The summed E-state index contributed by atoms with van der Waals surface area (Å²) in [6.45, 7) is 2.59. The monoisotopic (exact) mass is 517 g/mol.